The quantitative estimate of drug-likeness (QED) is 0.297. The molecule has 0 atom stereocenters. The first-order valence-electron chi connectivity index (χ1n) is 9.53. The van der Waals surface area contributed by atoms with Gasteiger partial charge in [-0.15, -0.1) is 0 Å². The summed E-state index contributed by atoms with van der Waals surface area (Å²) in [5.74, 6) is 0.550. The van der Waals surface area contributed by atoms with Crippen molar-refractivity contribution in [1.29, 1.82) is 0 Å². The highest BCUT2D eigenvalue weighted by Crippen LogP contribution is 2.33. The Kier molecular flexibility index (Phi) is 6.42. The second kappa shape index (κ2) is 9.25. The zero-order valence-corrected chi connectivity index (χ0v) is 19.3. The molecule has 1 aromatic heterocycles. The van der Waals surface area contributed by atoms with Crippen LogP contribution in [0.3, 0.4) is 0 Å². The van der Waals surface area contributed by atoms with Gasteiger partial charge < -0.3 is 14.5 Å². The highest BCUT2D eigenvalue weighted by Gasteiger charge is 2.12. The number of nitrogens with one attached hydrogen (secondary N) is 1. The molecule has 4 rings (SSSR count). The van der Waals surface area contributed by atoms with E-state index in [1.807, 2.05) is 25.1 Å². The molecule has 3 aromatic carbocycles. The van der Waals surface area contributed by atoms with Crippen LogP contribution < -0.4 is 10.1 Å². The molecule has 0 unspecified atom stereocenters. The Hall–Kier alpha value is -2.99. The zero-order valence-electron chi connectivity index (χ0n) is 17.1. The fraction of sp³-hybridized carbons (Fsp3) is 0.0833. The third kappa shape index (κ3) is 4.75. The summed E-state index contributed by atoms with van der Waals surface area (Å²) in [5, 5.41) is 4.27. The SMILES string of the molecule is COc1c(Cl)cc(Cl)cc1C=CC(=O)Nc1cc(-c2nc3cc(Cl)ccc3o2)ccc1C. The van der Waals surface area contributed by atoms with Gasteiger partial charge in [0.25, 0.3) is 0 Å². The lowest BCUT2D eigenvalue weighted by Gasteiger charge is -2.09. The molecule has 0 aliphatic heterocycles. The van der Waals surface area contributed by atoms with E-state index in [0.717, 1.165) is 11.1 Å². The molecule has 0 saturated carbocycles. The van der Waals surface area contributed by atoms with Gasteiger partial charge in [-0.1, -0.05) is 40.9 Å². The van der Waals surface area contributed by atoms with Crippen LogP contribution in [0.5, 0.6) is 5.75 Å². The molecule has 0 radical (unpaired) electrons. The maximum Gasteiger partial charge on any atom is 0.248 e. The van der Waals surface area contributed by atoms with Crippen molar-refractivity contribution in [3.63, 3.8) is 0 Å². The van der Waals surface area contributed by atoms with E-state index in [1.54, 1.807) is 36.4 Å². The molecule has 5 nitrogen and oxygen atoms in total. The Morgan fingerprint density at radius 3 is 2.66 bits per heavy atom. The number of oxazole rings is 1. The van der Waals surface area contributed by atoms with Gasteiger partial charge in [-0.2, -0.15) is 0 Å². The fourth-order valence-electron chi connectivity index (χ4n) is 3.17. The highest BCUT2D eigenvalue weighted by atomic mass is 35.5. The standard InChI is InChI=1S/C24H17Cl3N2O3/c1-13-3-4-15(24-29-20-12-16(25)6-7-21(20)32-24)10-19(13)28-22(30)8-5-14-9-17(26)11-18(27)23(14)31-2/h3-12H,1-2H3,(H,28,30). The lowest BCUT2D eigenvalue weighted by atomic mass is 10.1. The molecule has 0 aliphatic rings. The van der Waals surface area contributed by atoms with Gasteiger partial charge in [0.15, 0.2) is 5.58 Å². The van der Waals surface area contributed by atoms with E-state index in [4.69, 9.17) is 44.0 Å². The molecular formula is C24H17Cl3N2O3. The summed E-state index contributed by atoms with van der Waals surface area (Å²) in [4.78, 5) is 17.1. The van der Waals surface area contributed by atoms with Gasteiger partial charge in [0.1, 0.15) is 11.3 Å². The van der Waals surface area contributed by atoms with E-state index in [-0.39, 0.29) is 5.91 Å². The van der Waals surface area contributed by atoms with Crippen molar-refractivity contribution in [2.75, 3.05) is 12.4 Å². The number of hydrogen-bond acceptors (Lipinski definition) is 4. The van der Waals surface area contributed by atoms with Crippen LogP contribution in [-0.2, 0) is 4.79 Å². The Morgan fingerprint density at radius 1 is 1.06 bits per heavy atom. The molecule has 1 N–H and O–H groups in total. The Labute approximate surface area is 199 Å². The molecule has 4 aromatic rings. The molecule has 0 aliphatic carbocycles. The molecular weight excluding hydrogens is 471 g/mol. The van der Waals surface area contributed by atoms with Gasteiger partial charge in [-0.05, 0) is 61.0 Å². The first-order valence-corrected chi connectivity index (χ1v) is 10.7. The van der Waals surface area contributed by atoms with E-state index in [0.29, 0.717) is 49.1 Å². The number of aromatic nitrogens is 1. The highest BCUT2D eigenvalue weighted by molar-refractivity contribution is 6.36. The number of aryl methyl sites for hydroxylation is 1. The lowest BCUT2D eigenvalue weighted by molar-refractivity contribution is -0.111. The van der Waals surface area contributed by atoms with Crippen molar-refractivity contribution in [3.8, 4) is 17.2 Å². The van der Waals surface area contributed by atoms with Crippen molar-refractivity contribution >= 4 is 63.6 Å². The second-order valence-electron chi connectivity index (χ2n) is 6.99. The Bertz CT molecular complexity index is 1360. The number of anilines is 1. The summed E-state index contributed by atoms with van der Waals surface area (Å²) in [5.41, 5.74) is 4.14. The smallest absolute Gasteiger partial charge is 0.248 e. The number of ether oxygens (including phenoxy) is 1. The number of rotatable bonds is 5. The predicted molar refractivity (Wildman–Crippen MR) is 130 cm³/mol. The fourth-order valence-corrected chi connectivity index (χ4v) is 3.93. The van der Waals surface area contributed by atoms with Crippen LogP contribution in [0.2, 0.25) is 15.1 Å². The van der Waals surface area contributed by atoms with Crippen molar-refractivity contribution in [2.24, 2.45) is 0 Å². The molecule has 1 amide bonds. The Balaban J connectivity index is 1.58. The molecule has 0 saturated heterocycles. The molecule has 8 heteroatoms. The number of amides is 1. The van der Waals surface area contributed by atoms with Crippen molar-refractivity contribution in [2.45, 2.75) is 6.92 Å². The summed E-state index contributed by atoms with van der Waals surface area (Å²) >= 11 is 18.2. The number of benzene rings is 3. The molecule has 0 bridgehead atoms. The van der Waals surface area contributed by atoms with Crippen LogP contribution in [0.15, 0.2) is 59.0 Å². The number of hydrogen-bond donors (Lipinski definition) is 1. The molecule has 0 spiro atoms. The van der Waals surface area contributed by atoms with Crippen LogP contribution in [0.1, 0.15) is 11.1 Å². The lowest BCUT2D eigenvalue weighted by Crippen LogP contribution is -2.09. The molecule has 32 heavy (non-hydrogen) atoms. The summed E-state index contributed by atoms with van der Waals surface area (Å²) in [6, 6.07) is 14.1. The van der Waals surface area contributed by atoms with Crippen molar-refractivity contribution in [3.05, 3.63) is 80.8 Å². The summed E-state index contributed by atoms with van der Waals surface area (Å²) in [6.45, 7) is 1.90. The number of carbonyl (C=O) groups excluding carboxylic acids is 1. The third-order valence-corrected chi connectivity index (χ3v) is 5.48. The average Bonchev–Trinajstić information content (AvgIpc) is 3.16. The van der Waals surface area contributed by atoms with Gasteiger partial charge in [-0.25, -0.2) is 4.98 Å². The van der Waals surface area contributed by atoms with Gasteiger partial charge in [0, 0.05) is 32.9 Å². The van der Waals surface area contributed by atoms with Crippen LogP contribution in [0.25, 0.3) is 28.6 Å². The molecule has 1 heterocycles. The monoisotopic (exact) mass is 486 g/mol. The van der Waals surface area contributed by atoms with E-state index < -0.39 is 0 Å². The van der Waals surface area contributed by atoms with Crippen LogP contribution >= 0.6 is 34.8 Å². The van der Waals surface area contributed by atoms with Crippen molar-refractivity contribution in [1.82, 2.24) is 4.98 Å². The second-order valence-corrected chi connectivity index (χ2v) is 8.27. The van der Waals surface area contributed by atoms with E-state index in [1.165, 1.54) is 13.2 Å². The van der Waals surface area contributed by atoms with Gasteiger partial charge in [0.05, 0.1) is 12.1 Å². The Morgan fingerprint density at radius 2 is 1.88 bits per heavy atom. The largest absolute Gasteiger partial charge is 0.495 e. The minimum Gasteiger partial charge on any atom is -0.495 e. The number of fused-ring (bicyclic) bond motifs is 1. The predicted octanol–water partition coefficient (Wildman–Crippen LogP) is 7.42. The third-order valence-electron chi connectivity index (χ3n) is 4.75. The number of halogens is 3. The summed E-state index contributed by atoms with van der Waals surface area (Å²) in [6.07, 6.45) is 2.98. The van der Waals surface area contributed by atoms with Gasteiger partial charge in [0.2, 0.25) is 11.8 Å². The van der Waals surface area contributed by atoms with Crippen LogP contribution in [0.4, 0.5) is 5.69 Å². The van der Waals surface area contributed by atoms with Gasteiger partial charge >= 0.3 is 0 Å². The van der Waals surface area contributed by atoms with Crippen LogP contribution in [-0.4, -0.2) is 18.0 Å². The van der Waals surface area contributed by atoms with Crippen molar-refractivity contribution < 1.29 is 13.9 Å². The van der Waals surface area contributed by atoms with E-state index in [2.05, 4.69) is 10.3 Å². The topological polar surface area (TPSA) is 64.4 Å². The van der Waals surface area contributed by atoms with Crippen LogP contribution in [0, 0.1) is 6.92 Å². The normalized spacial score (nSPS) is 11.3. The maximum atomic E-state index is 12.6. The van der Waals surface area contributed by atoms with E-state index in [9.17, 15) is 4.79 Å². The van der Waals surface area contributed by atoms with Gasteiger partial charge in [-0.3, -0.25) is 4.79 Å². The summed E-state index contributed by atoms with van der Waals surface area (Å²) in [7, 11) is 1.50. The minimum absolute atomic E-state index is 0.326. The number of methoxy groups -OCH3 is 1. The minimum atomic E-state index is -0.326. The van der Waals surface area contributed by atoms with E-state index >= 15 is 0 Å². The molecule has 0 fully saturated rings. The number of nitrogens with zero attached hydrogens (tertiary/aromatic N) is 1. The zero-order chi connectivity index (χ0) is 22.8. The summed E-state index contributed by atoms with van der Waals surface area (Å²) < 4.78 is 11.1. The first kappa shape index (κ1) is 22.2. The maximum absolute atomic E-state index is 12.6. The first-order chi connectivity index (χ1) is 15.3. The molecule has 162 valence electrons. The number of carbonyl (C=O) groups is 1. The average molecular weight is 488 g/mol.